The van der Waals surface area contributed by atoms with Crippen molar-refractivity contribution >= 4 is 27.8 Å². The normalized spacial score (nSPS) is 10.8. The fourth-order valence-corrected chi connectivity index (χ4v) is 2.23. The van der Waals surface area contributed by atoms with Crippen LogP contribution in [-0.4, -0.2) is 18.0 Å². The maximum Gasteiger partial charge on any atom is 0.188 e. The first kappa shape index (κ1) is 15.3. The van der Waals surface area contributed by atoms with E-state index in [-0.39, 0.29) is 17.1 Å². The third-order valence-electron chi connectivity index (χ3n) is 2.84. The molecule has 0 radical (unpaired) electrons. The summed E-state index contributed by atoms with van der Waals surface area (Å²) in [6.07, 6.45) is 2.80. The number of phenolic OH excluding ortho intramolecular Hbond substituents is 1. The number of halogens is 2. The Morgan fingerprint density at radius 2 is 2.05 bits per heavy atom. The number of allylic oxidation sites excluding steroid dienone is 1. The second kappa shape index (κ2) is 6.54. The van der Waals surface area contributed by atoms with Crippen LogP contribution in [0.4, 0.5) is 4.39 Å². The molecule has 0 heterocycles. The summed E-state index contributed by atoms with van der Waals surface area (Å²) >= 11 is 3.19. The molecule has 0 saturated carbocycles. The molecule has 0 fully saturated rings. The predicted molar refractivity (Wildman–Crippen MR) is 82.1 cm³/mol. The van der Waals surface area contributed by atoms with Gasteiger partial charge in [0.05, 0.1) is 17.1 Å². The lowest BCUT2D eigenvalue weighted by Gasteiger charge is -2.06. The Balaban J connectivity index is 2.28. The second-order valence-electron chi connectivity index (χ2n) is 4.23. The second-order valence-corrected chi connectivity index (χ2v) is 5.09. The molecule has 0 aliphatic heterocycles. The lowest BCUT2D eigenvalue weighted by molar-refractivity contribution is 0.104. The molecule has 2 rings (SSSR count). The maximum atomic E-state index is 13.5. The molecular formula is C16H12BrFO3. The number of aromatic hydroxyl groups is 1. The van der Waals surface area contributed by atoms with E-state index in [1.807, 2.05) is 0 Å². The fourth-order valence-electron chi connectivity index (χ4n) is 1.77. The Morgan fingerprint density at radius 1 is 1.33 bits per heavy atom. The van der Waals surface area contributed by atoms with Crippen molar-refractivity contribution in [3.8, 4) is 11.5 Å². The first-order chi connectivity index (χ1) is 10.0. The molecule has 0 aromatic heterocycles. The van der Waals surface area contributed by atoms with Gasteiger partial charge in [-0.3, -0.25) is 4.79 Å². The molecule has 0 amide bonds. The van der Waals surface area contributed by atoms with E-state index in [1.165, 1.54) is 37.5 Å². The highest BCUT2D eigenvalue weighted by atomic mass is 79.9. The minimum atomic E-state index is -0.559. The SMILES string of the molecule is COc1cc(C=CC(=O)c2ccccc2F)cc(Br)c1O. The number of carbonyl (C=O) groups excluding carboxylic acids is 1. The zero-order valence-corrected chi connectivity index (χ0v) is 12.7. The van der Waals surface area contributed by atoms with Gasteiger partial charge in [0.15, 0.2) is 17.3 Å². The van der Waals surface area contributed by atoms with Gasteiger partial charge in [-0.1, -0.05) is 18.2 Å². The number of methoxy groups -OCH3 is 1. The van der Waals surface area contributed by atoms with Crippen molar-refractivity contribution in [2.75, 3.05) is 7.11 Å². The first-order valence-corrected chi connectivity index (χ1v) is 6.85. The molecule has 0 saturated heterocycles. The largest absolute Gasteiger partial charge is 0.503 e. The molecular weight excluding hydrogens is 339 g/mol. The molecule has 0 atom stereocenters. The summed E-state index contributed by atoms with van der Waals surface area (Å²) in [6, 6.07) is 8.99. The Morgan fingerprint density at radius 3 is 2.71 bits per heavy atom. The third-order valence-corrected chi connectivity index (χ3v) is 3.44. The summed E-state index contributed by atoms with van der Waals surface area (Å²) in [5.74, 6) is -0.731. The van der Waals surface area contributed by atoms with Crippen molar-refractivity contribution in [2.24, 2.45) is 0 Å². The minimum absolute atomic E-state index is 0.0126. The summed E-state index contributed by atoms with van der Waals surface area (Å²) in [7, 11) is 1.43. The van der Waals surface area contributed by atoms with Gasteiger partial charge in [-0.25, -0.2) is 4.39 Å². The summed E-state index contributed by atoms with van der Waals surface area (Å²) < 4.78 is 18.9. The van der Waals surface area contributed by atoms with Gasteiger partial charge in [0.1, 0.15) is 5.82 Å². The Labute approximate surface area is 129 Å². The fraction of sp³-hybridized carbons (Fsp3) is 0.0625. The van der Waals surface area contributed by atoms with E-state index in [2.05, 4.69) is 15.9 Å². The molecule has 1 N–H and O–H groups in total. The number of ketones is 1. The van der Waals surface area contributed by atoms with Crippen LogP contribution in [-0.2, 0) is 0 Å². The highest BCUT2D eigenvalue weighted by Gasteiger charge is 2.09. The van der Waals surface area contributed by atoms with E-state index in [1.54, 1.807) is 18.2 Å². The van der Waals surface area contributed by atoms with Crippen LogP contribution in [0.1, 0.15) is 15.9 Å². The summed E-state index contributed by atoms with van der Waals surface area (Å²) in [5, 5.41) is 9.70. The van der Waals surface area contributed by atoms with Gasteiger partial charge in [-0.2, -0.15) is 0 Å². The number of ether oxygens (including phenoxy) is 1. The van der Waals surface area contributed by atoms with Gasteiger partial charge in [0.2, 0.25) is 0 Å². The Bertz CT molecular complexity index is 711. The van der Waals surface area contributed by atoms with E-state index >= 15 is 0 Å². The molecule has 5 heteroatoms. The zero-order chi connectivity index (χ0) is 15.4. The number of benzene rings is 2. The standard InChI is InChI=1S/C16H12BrFO3/c1-21-15-9-10(8-12(17)16(15)20)6-7-14(19)11-4-2-3-5-13(11)18/h2-9,20H,1H3. The van der Waals surface area contributed by atoms with E-state index in [4.69, 9.17) is 4.74 Å². The molecule has 21 heavy (non-hydrogen) atoms. The van der Waals surface area contributed by atoms with Crippen LogP contribution in [0.15, 0.2) is 46.9 Å². The van der Waals surface area contributed by atoms with Gasteiger partial charge < -0.3 is 9.84 Å². The van der Waals surface area contributed by atoms with Crippen LogP contribution in [0, 0.1) is 5.82 Å². The monoisotopic (exact) mass is 350 g/mol. The summed E-state index contributed by atoms with van der Waals surface area (Å²) in [4.78, 5) is 11.9. The van der Waals surface area contributed by atoms with Crippen LogP contribution in [0.3, 0.4) is 0 Å². The lowest BCUT2D eigenvalue weighted by atomic mass is 10.1. The highest BCUT2D eigenvalue weighted by molar-refractivity contribution is 9.10. The molecule has 3 nitrogen and oxygen atoms in total. The van der Waals surface area contributed by atoms with E-state index in [0.717, 1.165) is 0 Å². The molecule has 2 aromatic carbocycles. The minimum Gasteiger partial charge on any atom is -0.503 e. The van der Waals surface area contributed by atoms with E-state index < -0.39 is 11.6 Å². The van der Waals surface area contributed by atoms with Crippen LogP contribution in [0.25, 0.3) is 6.08 Å². The molecule has 2 aromatic rings. The lowest BCUT2D eigenvalue weighted by Crippen LogP contribution is -1.97. The Kier molecular flexibility index (Phi) is 4.75. The molecule has 0 aliphatic carbocycles. The first-order valence-electron chi connectivity index (χ1n) is 6.06. The number of hydrogen-bond acceptors (Lipinski definition) is 3. The Hall–Kier alpha value is -2.14. The number of hydrogen-bond donors (Lipinski definition) is 1. The van der Waals surface area contributed by atoms with Crippen molar-refractivity contribution in [3.63, 3.8) is 0 Å². The van der Waals surface area contributed by atoms with Crippen LogP contribution in [0.2, 0.25) is 0 Å². The van der Waals surface area contributed by atoms with Crippen molar-refractivity contribution < 1.29 is 19.0 Å². The van der Waals surface area contributed by atoms with Gasteiger partial charge in [0.25, 0.3) is 0 Å². The molecule has 0 bridgehead atoms. The van der Waals surface area contributed by atoms with Crippen molar-refractivity contribution in [1.82, 2.24) is 0 Å². The van der Waals surface area contributed by atoms with Gasteiger partial charge in [-0.15, -0.1) is 0 Å². The quantitative estimate of drug-likeness (QED) is 0.663. The summed E-state index contributed by atoms with van der Waals surface area (Å²) in [6.45, 7) is 0. The van der Waals surface area contributed by atoms with Crippen molar-refractivity contribution in [1.29, 1.82) is 0 Å². The van der Waals surface area contributed by atoms with Crippen LogP contribution in [0.5, 0.6) is 11.5 Å². The smallest absolute Gasteiger partial charge is 0.188 e. The van der Waals surface area contributed by atoms with E-state index in [9.17, 15) is 14.3 Å². The van der Waals surface area contributed by atoms with E-state index in [0.29, 0.717) is 10.0 Å². The topological polar surface area (TPSA) is 46.5 Å². The number of carbonyl (C=O) groups is 1. The predicted octanol–water partition coefficient (Wildman–Crippen LogP) is 4.20. The third kappa shape index (κ3) is 3.49. The zero-order valence-electron chi connectivity index (χ0n) is 11.1. The highest BCUT2D eigenvalue weighted by Crippen LogP contribution is 2.35. The number of rotatable bonds is 4. The van der Waals surface area contributed by atoms with Crippen molar-refractivity contribution in [2.45, 2.75) is 0 Å². The molecule has 0 spiro atoms. The van der Waals surface area contributed by atoms with Crippen LogP contribution < -0.4 is 4.74 Å². The van der Waals surface area contributed by atoms with Crippen LogP contribution >= 0.6 is 15.9 Å². The van der Waals surface area contributed by atoms with Gasteiger partial charge >= 0.3 is 0 Å². The maximum absolute atomic E-state index is 13.5. The number of phenols is 1. The van der Waals surface area contributed by atoms with Gasteiger partial charge in [0, 0.05) is 0 Å². The molecule has 108 valence electrons. The van der Waals surface area contributed by atoms with Crippen molar-refractivity contribution in [3.05, 3.63) is 63.9 Å². The molecule has 0 unspecified atom stereocenters. The molecule has 0 aliphatic rings. The average molecular weight is 351 g/mol. The summed E-state index contributed by atoms with van der Waals surface area (Å²) in [5.41, 5.74) is 0.653. The average Bonchev–Trinajstić information content (AvgIpc) is 2.48. The van der Waals surface area contributed by atoms with Gasteiger partial charge in [-0.05, 0) is 51.8 Å².